The summed E-state index contributed by atoms with van der Waals surface area (Å²) >= 11 is 7.50. The second-order valence-electron chi connectivity index (χ2n) is 7.05. The summed E-state index contributed by atoms with van der Waals surface area (Å²) in [5, 5.41) is 7.34. The molecule has 3 aromatic rings. The van der Waals surface area contributed by atoms with Gasteiger partial charge < -0.3 is 10.1 Å². The molecule has 2 aromatic heterocycles. The largest absolute Gasteiger partial charge is 0.494 e. The normalized spacial score (nSPS) is 20.6. The minimum Gasteiger partial charge on any atom is -0.494 e. The van der Waals surface area contributed by atoms with Gasteiger partial charge in [0.15, 0.2) is 11.6 Å². The van der Waals surface area contributed by atoms with Gasteiger partial charge in [-0.25, -0.2) is 14.1 Å². The summed E-state index contributed by atoms with van der Waals surface area (Å²) in [5.41, 5.74) is 1.51. The zero-order valence-electron chi connectivity index (χ0n) is 16.3. The molecule has 0 aliphatic carbocycles. The van der Waals surface area contributed by atoms with Crippen molar-refractivity contribution in [2.45, 2.75) is 11.3 Å². The van der Waals surface area contributed by atoms with Crippen LogP contribution in [0.25, 0.3) is 15.8 Å². The number of fused-ring (bicyclic) bond motifs is 2. The minimum absolute atomic E-state index is 0.0433. The van der Waals surface area contributed by atoms with E-state index in [0.29, 0.717) is 27.1 Å². The van der Waals surface area contributed by atoms with Crippen LogP contribution in [0.5, 0.6) is 5.75 Å². The number of urea groups is 1. The van der Waals surface area contributed by atoms with Crippen LogP contribution in [0.1, 0.15) is 5.56 Å². The van der Waals surface area contributed by atoms with Gasteiger partial charge in [0.2, 0.25) is 0 Å². The molecule has 2 aliphatic rings. The summed E-state index contributed by atoms with van der Waals surface area (Å²) in [4.78, 5) is 32.1. The molecular formula is C20H15ClFN5O3S. The van der Waals surface area contributed by atoms with Gasteiger partial charge in [-0.3, -0.25) is 14.5 Å². The Bertz CT molecular complexity index is 1290. The number of carbonyl (C=O) groups is 2. The van der Waals surface area contributed by atoms with Gasteiger partial charge in [-0.15, -0.1) is 11.8 Å². The van der Waals surface area contributed by atoms with Crippen LogP contribution in [-0.2, 0) is 11.8 Å². The van der Waals surface area contributed by atoms with Gasteiger partial charge in [0.1, 0.15) is 5.25 Å². The number of hydrogen-bond acceptors (Lipinski definition) is 6. The van der Waals surface area contributed by atoms with E-state index in [-0.39, 0.29) is 16.7 Å². The van der Waals surface area contributed by atoms with E-state index in [1.165, 1.54) is 37.2 Å². The van der Waals surface area contributed by atoms with Gasteiger partial charge in [-0.2, -0.15) is 5.10 Å². The molecule has 0 radical (unpaired) electrons. The molecule has 1 aromatic carbocycles. The van der Waals surface area contributed by atoms with Crippen molar-refractivity contribution >= 4 is 56.8 Å². The molecule has 2 unspecified atom stereocenters. The maximum Gasteiger partial charge on any atom is 0.329 e. The van der Waals surface area contributed by atoms with Crippen LogP contribution in [0.15, 0.2) is 36.8 Å². The van der Waals surface area contributed by atoms with Crippen molar-refractivity contribution in [3.63, 3.8) is 0 Å². The Morgan fingerprint density at radius 1 is 1.26 bits per heavy atom. The molecule has 1 saturated heterocycles. The monoisotopic (exact) mass is 459 g/mol. The number of thioether (sulfide) groups is 1. The average molecular weight is 460 g/mol. The number of ether oxygens (including phenoxy) is 1. The second kappa shape index (κ2) is 7.24. The third-order valence-corrected chi connectivity index (χ3v) is 6.91. The third kappa shape index (κ3) is 3.05. The number of methoxy groups -OCH3 is 1. The quantitative estimate of drug-likeness (QED) is 0.646. The first-order chi connectivity index (χ1) is 14.9. The van der Waals surface area contributed by atoms with Crippen LogP contribution in [0.3, 0.4) is 0 Å². The summed E-state index contributed by atoms with van der Waals surface area (Å²) in [6.07, 6.45) is 6.46. The number of rotatable bonds is 3. The highest BCUT2D eigenvalue weighted by atomic mass is 35.5. The lowest BCUT2D eigenvalue weighted by atomic mass is 10.1. The number of benzene rings is 1. The molecule has 2 atom stereocenters. The molecule has 31 heavy (non-hydrogen) atoms. The highest BCUT2D eigenvalue weighted by Gasteiger charge is 2.46. The maximum atomic E-state index is 13.9. The standard InChI is InChI=1S/C20H15ClFN5O3S/c1-26-17-9(7-24-26)6-23-8-14(17)27-19(28)18-13(25-20(27)29)5-16(31-18)10-3-15(30-2)12(22)4-11(10)21/h3-8,13,18H,1-2H3,(H,25,29). The van der Waals surface area contributed by atoms with E-state index < -0.39 is 23.1 Å². The average Bonchev–Trinajstić information content (AvgIpc) is 3.32. The predicted molar refractivity (Wildman–Crippen MR) is 116 cm³/mol. The fourth-order valence-corrected chi connectivity index (χ4v) is 5.39. The van der Waals surface area contributed by atoms with E-state index in [4.69, 9.17) is 16.3 Å². The molecule has 0 bridgehead atoms. The highest BCUT2D eigenvalue weighted by Crippen LogP contribution is 2.45. The van der Waals surface area contributed by atoms with Crippen molar-refractivity contribution < 1.29 is 18.7 Å². The molecule has 0 spiro atoms. The maximum absolute atomic E-state index is 13.9. The van der Waals surface area contributed by atoms with Crippen LogP contribution in [-0.4, -0.2) is 45.1 Å². The van der Waals surface area contributed by atoms with E-state index >= 15 is 0 Å². The van der Waals surface area contributed by atoms with Crippen molar-refractivity contribution in [3.8, 4) is 5.75 Å². The minimum atomic E-state index is -0.608. The van der Waals surface area contributed by atoms with Crippen LogP contribution >= 0.6 is 23.4 Å². The van der Waals surface area contributed by atoms with E-state index in [2.05, 4.69) is 15.4 Å². The van der Waals surface area contributed by atoms with Crippen molar-refractivity contribution in [1.82, 2.24) is 20.1 Å². The van der Waals surface area contributed by atoms with Crippen molar-refractivity contribution in [1.29, 1.82) is 0 Å². The zero-order chi connectivity index (χ0) is 21.9. The SMILES string of the molecule is COc1cc(C2=CC3NC(=O)N(c4cncc5cnn(C)c45)C(=O)C3S2)c(Cl)cc1F. The number of aryl methyl sites for hydroxylation is 1. The Balaban J connectivity index is 1.51. The Morgan fingerprint density at radius 3 is 2.84 bits per heavy atom. The Kier molecular flexibility index (Phi) is 4.63. The first kappa shape index (κ1) is 19.8. The number of hydrogen-bond donors (Lipinski definition) is 1. The van der Waals surface area contributed by atoms with Gasteiger partial charge in [-0.1, -0.05) is 11.6 Å². The Labute approximate surface area is 185 Å². The molecule has 4 heterocycles. The van der Waals surface area contributed by atoms with Gasteiger partial charge >= 0.3 is 6.03 Å². The lowest BCUT2D eigenvalue weighted by molar-refractivity contribution is -0.118. The smallest absolute Gasteiger partial charge is 0.329 e. The van der Waals surface area contributed by atoms with Crippen LogP contribution in [0.4, 0.5) is 14.9 Å². The van der Waals surface area contributed by atoms with Crippen molar-refractivity contribution in [2.75, 3.05) is 12.0 Å². The van der Waals surface area contributed by atoms with Gasteiger partial charge in [0.05, 0.1) is 41.8 Å². The number of carbonyl (C=O) groups excluding carboxylic acids is 2. The lowest BCUT2D eigenvalue weighted by Crippen LogP contribution is -2.60. The third-order valence-electron chi connectivity index (χ3n) is 5.24. The number of halogens is 2. The molecule has 2 aliphatic heterocycles. The molecule has 1 N–H and O–H groups in total. The molecule has 8 nitrogen and oxygen atoms in total. The summed E-state index contributed by atoms with van der Waals surface area (Å²) in [6, 6.07) is 1.57. The molecule has 158 valence electrons. The Hall–Kier alpha value is -3.11. The number of amides is 3. The fraction of sp³-hybridized carbons (Fsp3) is 0.200. The molecule has 5 rings (SSSR count). The number of anilines is 1. The van der Waals surface area contributed by atoms with E-state index in [0.717, 1.165) is 4.90 Å². The molecule has 1 fully saturated rings. The highest BCUT2D eigenvalue weighted by molar-refractivity contribution is 8.09. The summed E-state index contributed by atoms with van der Waals surface area (Å²) in [5.74, 6) is -0.919. The van der Waals surface area contributed by atoms with Gasteiger partial charge in [-0.05, 0) is 18.2 Å². The summed E-state index contributed by atoms with van der Waals surface area (Å²) in [6.45, 7) is 0. The van der Waals surface area contributed by atoms with E-state index in [1.54, 1.807) is 30.2 Å². The molecule has 0 saturated carbocycles. The van der Waals surface area contributed by atoms with Gasteiger partial charge in [0, 0.05) is 29.1 Å². The number of nitrogens with one attached hydrogen (secondary N) is 1. The Morgan fingerprint density at radius 2 is 2.06 bits per heavy atom. The van der Waals surface area contributed by atoms with E-state index in [1.807, 2.05) is 0 Å². The van der Waals surface area contributed by atoms with Gasteiger partial charge in [0.25, 0.3) is 5.91 Å². The predicted octanol–water partition coefficient (Wildman–Crippen LogP) is 3.35. The molecule has 11 heteroatoms. The lowest BCUT2D eigenvalue weighted by Gasteiger charge is -2.33. The second-order valence-corrected chi connectivity index (χ2v) is 8.64. The first-order valence-corrected chi connectivity index (χ1v) is 10.5. The van der Waals surface area contributed by atoms with Crippen molar-refractivity contribution in [2.24, 2.45) is 7.05 Å². The van der Waals surface area contributed by atoms with Crippen LogP contribution in [0.2, 0.25) is 5.02 Å². The number of nitrogens with zero attached hydrogens (tertiary/aromatic N) is 4. The molecular weight excluding hydrogens is 445 g/mol. The zero-order valence-corrected chi connectivity index (χ0v) is 17.9. The summed E-state index contributed by atoms with van der Waals surface area (Å²) < 4.78 is 20.6. The molecule has 3 amide bonds. The van der Waals surface area contributed by atoms with Crippen molar-refractivity contribution in [3.05, 3.63) is 53.2 Å². The number of pyridine rings is 1. The number of imide groups is 1. The summed E-state index contributed by atoms with van der Waals surface area (Å²) in [7, 11) is 3.09. The van der Waals surface area contributed by atoms with E-state index in [9.17, 15) is 14.0 Å². The topological polar surface area (TPSA) is 89.3 Å². The van der Waals surface area contributed by atoms with Crippen LogP contribution in [0, 0.1) is 5.82 Å². The fourth-order valence-electron chi connectivity index (χ4n) is 3.79. The number of aromatic nitrogens is 3. The first-order valence-electron chi connectivity index (χ1n) is 9.21. The van der Waals surface area contributed by atoms with Crippen LogP contribution < -0.4 is 15.0 Å².